The second-order valence-electron chi connectivity index (χ2n) is 5.32. The summed E-state index contributed by atoms with van der Waals surface area (Å²) in [4.78, 5) is 14.5. The molecule has 0 radical (unpaired) electrons. The first-order valence-electron chi connectivity index (χ1n) is 7.42. The number of aryl methyl sites for hydroxylation is 1. The minimum atomic E-state index is 0.125. The van der Waals surface area contributed by atoms with Gasteiger partial charge in [0.15, 0.2) is 0 Å². The molecule has 0 N–H and O–H groups in total. The first-order chi connectivity index (χ1) is 9.79. The molecule has 0 bridgehead atoms. The third kappa shape index (κ3) is 2.40. The van der Waals surface area contributed by atoms with Crippen LogP contribution in [0, 0.1) is 0 Å². The van der Waals surface area contributed by atoms with Crippen molar-refractivity contribution in [2.24, 2.45) is 0 Å². The van der Waals surface area contributed by atoms with Gasteiger partial charge in [0, 0.05) is 25.2 Å². The highest BCUT2D eigenvalue weighted by atomic mass is 16.2. The van der Waals surface area contributed by atoms with E-state index in [1.54, 1.807) is 0 Å². The van der Waals surface area contributed by atoms with Gasteiger partial charge >= 0.3 is 0 Å². The van der Waals surface area contributed by atoms with Gasteiger partial charge in [-0.2, -0.15) is 0 Å². The molecule has 0 saturated carbocycles. The second-order valence-corrected chi connectivity index (χ2v) is 5.32. The Morgan fingerprint density at radius 3 is 2.65 bits per heavy atom. The summed E-state index contributed by atoms with van der Waals surface area (Å²) in [6.45, 7) is 4.57. The van der Waals surface area contributed by atoms with Crippen LogP contribution in [0.3, 0.4) is 0 Å². The largest absolute Gasteiger partial charge is 0.339 e. The average molecular weight is 272 g/mol. The fraction of sp³-hybridized carbons (Fsp3) is 0.533. The lowest BCUT2D eigenvalue weighted by atomic mass is 10.1. The maximum Gasteiger partial charge on any atom is 0.253 e. The van der Waals surface area contributed by atoms with Gasteiger partial charge in [0.1, 0.15) is 5.52 Å². The van der Waals surface area contributed by atoms with E-state index >= 15 is 0 Å². The Labute approximate surface area is 118 Å². The van der Waals surface area contributed by atoms with Gasteiger partial charge in [0.25, 0.3) is 5.91 Å². The summed E-state index contributed by atoms with van der Waals surface area (Å²) in [5, 5.41) is 8.22. The quantitative estimate of drug-likeness (QED) is 0.844. The number of benzene rings is 1. The normalized spacial score (nSPS) is 16.4. The SMILES string of the molecule is CCn1nnc2cc(C(=O)N3CCCCCC3)ccc21. The van der Waals surface area contributed by atoms with E-state index in [4.69, 9.17) is 0 Å². The van der Waals surface area contributed by atoms with E-state index in [9.17, 15) is 4.79 Å². The molecule has 0 atom stereocenters. The molecular weight excluding hydrogens is 252 g/mol. The Morgan fingerprint density at radius 1 is 1.20 bits per heavy atom. The minimum Gasteiger partial charge on any atom is -0.339 e. The number of aromatic nitrogens is 3. The molecule has 3 rings (SSSR count). The highest BCUT2D eigenvalue weighted by molar-refractivity contribution is 5.97. The Balaban J connectivity index is 1.87. The van der Waals surface area contributed by atoms with Crippen LogP contribution in [0.5, 0.6) is 0 Å². The van der Waals surface area contributed by atoms with Crippen molar-refractivity contribution in [3.8, 4) is 0 Å². The number of carbonyl (C=O) groups is 1. The fourth-order valence-corrected chi connectivity index (χ4v) is 2.80. The molecule has 2 aromatic rings. The number of likely N-dealkylation sites (tertiary alicyclic amines) is 1. The number of hydrogen-bond acceptors (Lipinski definition) is 3. The lowest BCUT2D eigenvalue weighted by Gasteiger charge is -2.20. The molecule has 0 aliphatic carbocycles. The number of carbonyl (C=O) groups excluding carboxylic acids is 1. The van der Waals surface area contributed by atoms with Gasteiger partial charge < -0.3 is 4.90 Å². The predicted octanol–water partition coefficient (Wildman–Crippen LogP) is 2.47. The van der Waals surface area contributed by atoms with Crippen molar-refractivity contribution in [2.75, 3.05) is 13.1 Å². The zero-order valence-electron chi connectivity index (χ0n) is 11.9. The third-order valence-electron chi connectivity index (χ3n) is 3.95. The van der Waals surface area contributed by atoms with Gasteiger partial charge in [-0.15, -0.1) is 5.10 Å². The van der Waals surface area contributed by atoms with Crippen molar-refractivity contribution >= 4 is 16.9 Å². The van der Waals surface area contributed by atoms with Gasteiger partial charge in [0.05, 0.1) is 5.52 Å². The summed E-state index contributed by atoms with van der Waals surface area (Å²) in [7, 11) is 0. The summed E-state index contributed by atoms with van der Waals surface area (Å²) < 4.78 is 1.84. The van der Waals surface area contributed by atoms with Crippen molar-refractivity contribution in [3.63, 3.8) is 0 Å². The van der Waals surface area contributed by atoms with E-state index < -0.39 is 0 Å². The number of nitrogens with zero attached hydrogens (tertiary/aromatic N) is 4. The topological polar surface area (TPSA) is 51.0 Å². The molecule has 1 aliphatic heterocycles. The van der Waals surface area contributed by atoms with Crippen molar-refractivity contribution in [3.05, 3.63) is 23.8 Å². The first kappa shape index (κ1) is 13.1. The lowest BCUT2D eigenvalue weighted by Crippen LogP contribution is -2.31. The van der Waals surface area contributed by atoms with Crippen LogP contribution in [-0.4, -0.2) is 38.9 Å². The molecular formula is C15H20N4O. The van der Waals surface area contributed by atoms with E-state index in [0.29, 0.717) is 0 Å². The smallest absolute Gasteiger partial charge is 0.253 e. The maximum absolute atomic E-state index is 12.5. The van der Waals surface area contributed by atoms with Crippen LogP contribution in [0.4, 0.5) is 0 Å². The van der Waals surface area contributed by atoms with Crippen LogP contribution in [0.1, 0.15) is 43.0 Å². The van der Waals surface area contributed by atoms with Crippen LogP contribution >= 0.6 is 0 Å². The van der Waals surface area contributed by atoms with Crippen LogP contribution in [-0.2, 0) is 6.54 Å². The van der Waals surface area contributed by atoms with Gasteiger partial charge in [-0.25, -0.2) is 4.68 Å². The van der Waals surface area contributed by atoms with E-state index in [1.807, 2.05) is 34.7 Å². The van der Waals surface area contributed by atoms with Gasteiger partial charge in [-0.05, 0) is 38.0 Å². The molecule has 1 aromatic heterocycles. The van der Waals surface area contributed by atoms with Gasteiger partial charge in [0.2, 0.25) is 0 Å². The van der Waals surface area contributed by atoms with Gasteiger partial charge in [-0.3, -0.25) is 4.79 Å². The average Bonchev–Trinajstić information content (AvgIpc) is 2.70. The molecule has 20 heavy (non-hydrogen) atoms. The maximum atomic E-state index is 12.5. The molecule has 1 aliphatic rings. The number of amides is 1. The molecule has 1 saturated heterocycles. The number of fused-ring (bicyclic) bond motifs is 1. The summed E-state index contributed by atoms with van der Waals surface area (Å²) in [5.41, 5.74) is 2.51. The number of rotatable bonds is 2. The predicted molar refractivity (Wildman–Crippen MR) is 77.6 cm³/mol. The minimum absolute atomic E-state index is 0.125. The number of hydrogen-bond donors (Lipinski definition) is 0. The highest BCUT2D eigenvalue weighted by Gasteiger charge is 2.18. The van der Waals surface area contributed by atoms with Crippen LogP contribution < -0.4 is 0 Å². The zero-order chi connectivity index (χ0) is 13.9. The molecule has 0 spiro atoms. The highest BCUT2D eigenvalue weighted by Crippen LogP contribution is 2.17. The molecule has 5 nitrogen and oxygen atoms in total. The lowest BCUT2D eigenvalue weighted by molar-refractivity contribution is 0.0762. The molecule has 1 amide bonds. The molecule has 1 aromatic carbocycles. The summed E-state index contributed by atoms with van der Waals surface area (Å²) in [6, 6.07) is 5.71. The fourth-order valence-electron chi connectivity index (χ4n) is 2.80. The summed E-state index contributed by atoms with van der Waals surface area (Å²) in [5.74, 6) is 0.125. The Kier molecular flexibility index (Phi) is 3.67. The van der Waals surface area contributed by atoms with Crippen molar-refractivity contribution < 1.29 is 4.79 Å². The standard InChI is InChI=1S/C15H20N4O/c1-2-19-14-8-7-12(11-13(14)16-17-19)15(20)18-9-5-3-4-6-10-18/h7-8,11H,2-6,9-10H2,1H3. The van der Waals surface area contributed by atoms with Gasteiger partial charge in [-0.1, -0.05) is 18.1 Å². The Morgan fingerprint density at radius 2 is 1.95 bits per heavy atom. The van der Waals surface area contributed by atoms with E-state index in [1.165, 1.54) is 12.8 Å². The molecule has 5 heteroatoms. The second kappa shape index (κ2) is 5.61. The van der Waals surface area contributed by atoms with E-state index in [2.05, 4.69) is 10.3 Å². The molecule has 1 fully saturated rings. The first-order valence-corrected chi connectivity index (χ1v) is 7.42. The van der Waals surface area contributed by atoms with Crippen molar-refractivity contribution in [2.45, 2.75) is 39.2 Å². The van der Waals surface area contributed by atoms with Crippen molar-refractivity contribution in [1.82, 2.24) is 19.9 Å². The van der Waals surface area contributed by atoms with E-state index in [-0.39, 0.29) is 5.91 Å². The summed E-state index contributed by atoms with van der Waals surface area (Å²) in [6.07, 6.45) is 4.68. The summed E-state index contributed by atoms with van der Waals surface area (Å²) >= 11 is 0. The van der Waals surface area contributed by atoms with Crippen LogP contribution in [0.2, 0.25) is 0 Å². The third-order valence-corrected chi connectivity index (χ3v) is 3.95. The zero-order valence-corrected chi connectivity index (χ0v) is 11.9. The Bertz CT molecular complexity index is 611. The van der Waals surface area contributed by atoms with Crippen LogP contribution in [0.25, 0.3) is 11.0 Å². The molecule has 0 unspecified atom stereocenters. The molecule has 106 valence electrons. The van der Waals surface area contributed by atoms with E-state index in [0.717, 1.165) is 49.1 Å². The Hall–Kier alpha value is -1.91. The monoisotopic (exact) mass is 272 g/mol. The van der Waals surface area contributed by atoms with Crippen molar-refractivity contribution in [1.29, 1.82) is 0 Å². The van der Waals surface area contributed by atoms with Crippen LogP contribution in [0.15, 0.2) is 18.2 Å². The molecule has 2 heterocycles.